The number of nitrogens with one attached hydrogen (secondary N) is 2. The molecule has 0 spiro atoms. The number of H-pyrrole nitrogens is 1. The Morgan fingerprint density at radius 2 is 2.37 bits per heavy atom. The lowest BCUT2D eigenvalue weighted by Gasteiger charge is -2.07. The van der Waals surface area contributed by atoms with E-state index in [1.54, 1.807) is 37.7 Å². The molecule has 19 heavy (non-hydrogen) atoms. The van der Waals surface area contributed by atoms with Crippen LogP contribution in [0.15, 0.2) is 35.1 Å². The first-order valence-electron chi connectivity index (χ1n) is 5.80. The third kappa shape index (κ3) is 3.57. The fourth-order valence-corrected chi connectivity index (χ4v) is 2.18. The molecule has 2 aromatic rings. The van der Waals surface area contributed by atoms with Crippen molar-refractivity contribution in [2.75, 3.05) is 13.7 Å². The van der Waals surface area contributed by atoms with E-state index in [4.69, 9.17) is 4.74 Å². The number of benzene rings is 1. The van der Waals surface area contributed by atoms with Crippen molar-refractivity contribution in [3.63, 3.8) is 0 Å². The largest absolute Gasteiger partial charge is 0.496 e. The molecular formula is C13H14BrN3O2. The number of hydrogen-bond donors (Lipinski definition) is 2. The average molecular weight is 324 g/mol. The number of nitrogens with zero attached hydrogens (tertiary/aromatic N) is 1. The molecule has 0 saturated heterocycles. The molecule has 2 rings (SSSR count). The smallest absolute Gasteiger partial charge is 0.251 e. The van der Waals surface area contributed by atoms with Gasteiger partial charge in [0.2, 0.25) is 0 Å². The Hall–Kier alpha value is -1.82. The molecule has 6 heteroatoms. The van der Waals surface area contributed by atoms with Crippen LogP contribution in [0.25, 0.3) is 0 Å². The highest BCUT2D eigenvalue weighted by Gasteiger charge is 2.08. The van der Waals surface area contributed by atoms with Crippen LogP contribution in [0.5, 0.6) is 5.75 Å². The third-order valence-electron chi connectivity index (χ3n) is 2.62. The topological polar surface area (TPSA) is 67.0 Å². The molecule has 0 aliphatic carbocycles. The molecule has 0 aliphatic rings. The maximum atomic E-state index is 11.9. The van der Waals surface area contributed by atoms with Gasteiger partial charge < -0.3 is 15.0 Å². The van der Waals surface area contributed by atoms with Gasteiger partial charge in [0.05, 0.1) is 11.6 Å². The van der Waals surface area contributed by atoms with Crippen molar-refractivity contribution < 1.29 is 9.53 Å². The maximum Gasteiger partial charge on any atom is 0.251 e. The minimum absolute atomic E-state index is 0.116. The molecule has 5 nitrogen and oxygen atoms in total. The molecule has 0 aliphatic heterocycles. The average Bonchev–Trinajstić information content (AvgIpc) is 2.91. The van der Waals surface area contributed by atoms with Gasteiger partial charge in [-0.15, -0.1) is 0 Å². The van der Waals surface area contributed by atoms with E-state index in [2.05, 4.69) is 31.2 Å². The van der Waals surface area contributed by atoms with Gasteiger partial charge in [0.1, 0.15) is 11.6 Å². The summed E-state index contributed by atoms with van der Waals surface area (Å²) < 4.78 is 5.88. The number of carbonyl (C=O) groups is 1. The van der Waals surface area contributed by atoms with E-state index in [0.717, 1.165) is 10.3 Å². The second kappa shape index (κ2) is 6.38. The van der Waals surface area contributed by atoms with Gasteiger partial charge >= 0.3 is 0 Å². The van der Waals surface area contributed by atoms with Crippen LogP contribution >= 0.6 is 15.9 Å². The van der Waals surface area contributed by atoms with Crippen LogP contribution in [0, 0.1) is 0 Å². The van der Waals surface area contributed by atoms with E-state index < -0.39 is 0 Å². The molecule has 0 bridgehead atoms. The number of carbonyl (C=O) groups excluding carboxylic acids is 1. The van der Waals surface area contributed by atoms with Gasteiger partial charge in [-0.05, 0) is 34.1 Å². The number of aromatic amines is 1. The molecule has 1 heterocycles. The summed E-state index contributed by atoms with van der Waals surface area (Å²) in [7, 11) is 1.59. The molecule has 0 saturated carbocycles. The monoisotopic (exact) mass is 323 g/mol. The molecule has 2 N–H and O–H groups in total. The Balaban J connectivity index is 1.91. The van der Waals surface area contributed by atoms with Crippen LogP contribution < -0.4 is 10.1 Å². The van der Waals surface area contributed by atoms with E-state index >= 15 is 0 Å². The first kappa shape index (κ1) is 13.6. The Kier molecular flexibility index (Phi) is 4.57. The zero-order valence-corrected chi connectivity index (χ0v) is 12.0. The Morgan fingerprint density at radius 1 is 1.53 bits per heavy atom. The first-order valence-corrected chi connectivity index (χ1v) is 6.60. The van der Waals surface area contributed by atoms with Crippen molar-refractivity contribution in [1.29, 1.82) is 0 Å². The van der Waals surface area contributed by atoms with Crippen LogP contribution in [0.1, 0.15) is 16.2 Å². The van der Waals surface area contributed by atoms with Crippen LogP contribution in [-0.2, 0) is 6.42 Å². The van der Waals surface area contributed by atoms with E-state index in [-0.39, 0.29) is 5.91 Å². The predicted molar refractivity (Wildman–Crippen MR) is 75.3 cm³/mol. The van der Waals surface area contributed by atoms with E-state index in [0.29, 0.717) is 24.3 Å². The Morgan fingerprint density at radius 3 is 3.00 bits per heavy atom. The van der Waals surface area contributed by atoms with Crippen molar-refractivity contribution in [2.45, 2.75) is 6.42 Å². The van der Waals surface area contributed by atoms with E-state index in [1.165, 1.54) is 0 Å². The van der Waals surface area contributed by atoms with Crippen LogP contribution in [0.2, 0.25) is 0 Å². The molecule has 0 radical (unpaired) electrons. The lowest BCUT2D eigenvalue weighted by Crippen LogP contribution is -2.25. The van der Waals surface area contributed by atoms with Crippen LogP contribution in [-0.4, -0.2) is 29.5 Å². The number of halogens is 1. The minimum atomic E-state index is -0.116. The summed E-state index contributed by atoms with van der Waals surface area (Å²) in [5.74, 6) is 1.44. The highest BCUT2D eigenvalue weighted by molar-refractivity contribution is 9.10. The summed E-state index contributed by atoms with van der Waals surface area (Å²) in [6.45, 7) is 0.538. The summed E-state index contributed by atoms with van der Waals surface area (Å²) in [5, 5.41) is 2.84. The lowest BCUT2D eigenvalue weighted by molar-refractivity contribution is 0.0954. The van der Waals surface area contributed by atoms with Gasteiger partial charge in [-0.3, -0.25) is 4.79 Å². The van der Waals surface area contributed by atoms with Gasteiger partial charge in [0.15, 0.2) is 0 Å². The number of rotatable bonds is 5. The predicted octanol–water partition coefficient (Wildman–Crippen LogP) is 2.15. The Bertz CT molecular complexity index is 555. The lowest BCUT2D eigenvalue weighted by atomic mass is 10.2. The van der Waals surface area contributed by atoms with E-state index in [1.807, 2.05) is 0 Å². The molecule has 0 atom stereocenters. The molecule has 0 fully saturated rings. The zero-order chi connectivity index (χ0) is 13.7. The van der Waals surface area contributed by atoms with Crippen molar-refractivity contribution in [3.8, 4) is 5.75 Å². The molecule has 1 amide bonds. The highest BCUT2D eigenvalue weighted by Crippen LogP contribution is 2.25. The summed E-state index contributed by atoms with van der Waals surface area (Å²) in [6.07, 6.45) is 4.13. The number of methoxy groups -OCH3 is 1. The van der Waals surface area contributed by atoms with Crippen LogP contribution in [0.4, 0.5) is 0 Å². The van der Waals surface area contributed by atoms with Gasteiger partial charge in [-0.1, -0.05) is 0 Å². The summed E-state index contributed by atoms with van der Waals surface area (Å²) >= 11 is 3.36. The van der Waals surface area contributed by atoms with Crippen molar-refractivity contribution in [1.82, 2.24) is 15.3 Å². The second-order valence-corrected chi connectivity index (χ2v) is 4.75. The Labute approximate surface area is 119 Å². The zero-order valence-electron chi connectivity index (χ0n) is 10.4. The second-order valence-electron chi connectivity index (χ2n) is 3.89. The van der Waals surface area contributed by atoms with Gasteiger partial charge in [-0.25, -0.2) is 4.98 Å². The van der Waals surface area contributed by atoms with Crippen LogP contribution in [0.3, 0.4) is 0 Å². The third-order valence-corrected chi connectivity index (χ3v) is 3.24. The molecule has 1 aromatic carbocycles. The van der Waals surface area contributed by atoms with Crippen molar-refractivity contribution in [3.05, 3.63) is 46.5 Å². The van der Waals surface area contributed by atoms with Crippen molar-refractivity contribution in [2.24, 2.45) is 0 Å². The van der Waals surface area contributed by atoms with Gasteiger partial charge in [0.25, 0.3) is 5.91 Å². The standard InChI is InChI=1S/C13H14BrN3O2/c1-19-11-3-2-9(8-10(11)14)13(18)17-5-4-12-15-6-7-16-12/h2-3,6-8H,4-5H2,1H3,(H,15,16)(H,17,18). The highest BCUT2D eigenvalue weighted by atomic mass is 79.9. The fraction of sp³-hybridized carbons (Fsp3) is 0.231. The molecule has 100 valence electrons. The summed E-state index contributed by atoms with van der Waals surface area (Å²) in [5.41, 5.74) is 0.590. The SMILES string of the molecule is COc1ccc(C(=O)NCCc2ncc[nH]2)cc1Br. The first-order chi connectivity index (χ1) is 9.20. The molecular weight excluding hydrogens is 310 g/mol. The van der Waals surface area contributed by atoms with Gasteiger partial charge in [-0.2, -0.15) is 0 Å². The number of imidazole rings is 1. The number of amides is 1. The fourth-order valence-electron chi connectivity index (χ4n) is 1.64. The number of ether oxygens (including phenoxy) is 1. The molecule has 1 aromatic heterocycles. The number of hydrogen-bond acceptors (Lipinski definition) is 3. The normalized spacial score (nSPS) is 10.2. The van der Waals surface area contributed by atoms with Gasteiger partial charge in [0, 0.05) is 30.9 Å². The summed E-state index contributed by atoms with van der Waals surface area (Å²) in [6, 6.07) is 5.22. The van der Waals surface area contributed by atoms with E-state index in [9.17, 15) is 4.79 Å². The number of aromatic nitrogens is 2. The minimum Gasteiger partial charge on any atom is -0.496 e. The maximum absolute atomic E-state index is 11.9. The quantitative estimate of drug-likeness (QED) is 0.886. The van der Waals surface area contributed by atoms with Crippen molar-refractivity contribution >= 4 is 21.8 Å². The summed E-state index contributed by atoms with van der Waals surface area (Å²) in [4.78, 5) is 19.0. The molecule has 0 unspecified atom stereocenters.